The Balaban J connectivity index is 2.98. The standard InChI is InChI=1S/C13H18FNO4/c1-4-19-13(16)11(14)12(15)9-6-5-8(17-2)7-10(9)18-3/h5-7,11-12H,4,15H2,1-3H3/t11?,12-/m1/s1. The summed E-state index contributed by atoms with van der Waals surface area (Å²) in [4.78, 5) is 11.3. The number of alkyl halides is 1. The Morgan fingerprint density at radius 3 is 2.58 bits per heavy atom. The van der Waals surface area contributed by atoms with E-state index in [0.29, 0.717) is 17.1 Å². The fraction of sp³-hybridized carbons (Fsp3) is 0.462. The monoisotopic (exact) mass is 271 g/mol. The van der Waals surface area contributed by atoms with Crippen molar-refractivity contribution in [2.24, 2.45) is 5.73 Å². The molecule has 6 heteroatoms. The minimum atomic E-state index is -1.94. The topological polar surface area (TPSA) is 70.8 Å². The van der Waals surface area contributed by atoms with Gasteiger partial charge in [0.2, 0.25) is 6.17 Å². The number of methoxy groups -OCH3 is 2. The molecule has 0 fully saturated rings. The lowest BCUT2D eigenvalue weighted by Gasteiger charge is -2.18. The Morgan fingerprint density at radius 1 is 1.37 bits per heavy atom. The fourth-order valence-electron chi connectivity index (χ4n) is 1.62. The van der Waals surface area contributed by atoms with Crippen molar-refractivity contribution in [2.45, 2.75) is 19.1 Å². The number of ether oxygens (including phenoxy) is 3. The van der Waals surface area contributed by atoms with E-state index in [0.717, 1.165) is 0 Å². The second kappa shape index (κ2) is 6.94. The molecule has 0 aliphatic heterocycles. The molecule has 0 aromatic heterocycles. The van der Waals surface area contributed by atoms with Gasteiger partial charge in [-0.1, -0.05) is 0 Å². The molecule has 1 unspecified atom stereocenters. The highest BCUT2D eigenvalue weighted by Gasteiger charge is 2.29. The van der Waals surface area contributed by atoms with Gasteiger partial charge >= 0.3 is 5.97 Å². The van der Waals surface area contributed by atoms with Crippen molar-refractivity contribution in [1.82, 2.24) is 0 Å². The largest absolute Gasteiger partial charge is 0.497 e. The molecule has 0 spiro atoms. The Bertz CT molecular complexity index is 439. The van der Waals surface area contributed by atoms with E-state index in [1.54, 1.807) is 25.1 Å². The molecule has 0 heterocycles. The molecule has 2 atom stereocenters. The van der Waals surface area contributed by atoms with E-state index in [2.05, 4.69) is 4.74 Å². The number of carbonyl (C=O) groups excluding carboxylic acids is 1. The molecule has 0 saturated heterocycles. The van der Waals surface area contributed by atoms with E-state index in [4.69, 9.17) is 15.2 Å². The molecule has 1 aromatic rings. The number of esters is 1. The highest BCUT2D eigenvalue weighted by molar-refractivity contribution is 5.76. The first-order valence-corrected chi connectivity index (χ1v) is 5.83. The molecular weight excluding hydrogens is 253 g/mol. The summed E-state index contributed by atoms with van der Waals surface area (Å²) in [6.07, 6.45) is -1.94. The zero-order valence-corrected chi connectivity index (χ0v) is 11.2. The first kappa shape index (κ1) is 15.2. The third-order valence-electron chi connectivity index (χ3n) is 2.63. The van der Waals surface area contributed by atoms with Gasteiger partial charge in [-0.05, 0) is 19.1 Å². The molecule has 0 saturated carbocycles. The summed E-state index contributed by atoms with van der Waals surface area (Å²) in [5.74, 6) is -0.0639. The molecule has 0 radical (unpaired) electrons. The number of rotatable bonds is 6. The van der Waals surface area contributed by atoms with E-state index >= 15 is 0 Å². The van der Waals surface area contributed by atoms with Gasteiger partial charge in [0.25, 0.3) is 0 Å². The number of nitrogens with two attached hydrogens (primary N) is 1. The van der Waals surface area contributed by atoms with Crippen LogP contribution in [-0.2, 0) is 9.53 Å². The van der Waals surface area contributed by atoms with Crippen LogP contribution in [0.25, 0.3) is 0 Å². The van der Waals surface area contributed by atoms with Crippen LogP contribution in [0.5, 0.6) is 11.5 Å². The Hall–Kier alpha value is -1.82. The molecule has 0 bridgehead atoms. The molecule has 19 heavy (non-hydrogen) atoms. The predicted molar refractivity (Wildman–Crippen MR) is 68.0 cm³/mol. The van der Waals surface area contributed by atoms with Crippen molar-refractivity contribution in [3.05, 3.63) is 23.8 Å². The van der Waals surface area contributed by atoms with Gasteiger partial charge in [0.1, 0.15) is 11.5 Å². The number of halogens is 1. The van der Waals surface area contributed by atoms with Gasteiger partial charge in [-0.25, -0.2) is 9.18 Å². The van der Waals surface area contributed by atoms with Crippen molar-refractivity contribution in [1.29, 1.82) is 0 Å². The van der Waals surface area contributed by atoms with E-state index in [1.165, 1.54) is 14.2 Å². The van der Waals surface area contributed by atoms with Crippen LogP contribution in [0, 0.1) is 0 Å². The van der Waals surface area contributed by atoms with E-state index < -0.39 is 18.2 Å². The van der Waals surface area contributed by atoms with Gasteiger partial charge in [0.05, 0.1) is 26.9 Å². The van der Waals surface area contributed by atoms with Crippen molar-refractivity contribution >= 4 is 5.97 Å². The van der Waals surface area contributed by atoms with Crippen molar-refractivity contribution in [3.8, 4) is 11.5 Å². The van der Waals surface area contributed by atoms with Gasteiger partial charge in [-0.3, -0.25) is 0 Å². The summed E-state index contributed by atoms with van der Waals surface area (Å²) >= 11 is 0. The number of hydrogen-bond acceptors (Lipinski definition) is 5. The normalized spacial score (nSPS) is 13.5. The summed E-state index contributed by atoms with van der Waals surface area (Å²) in [5.41, 5.74) is 6.12. The molecule has 0 aliphatic rings. The third kappa shape index (κ3) is 3.57. The van der Waals surface area contributed by atoms with Crippen LogP contribution in [0.15, 0.2) is 18.2 Å². The van der Waals surface area contributed by atoms with Gasteiger partial charge in [-0.2, -0.15) is 0 Å². The van der Waals surface area contributed by atoms with Gasteiger partial charge in [0.15, 0.2) is 0 Å². The summed E-state index contributed by atoms with van der Waals surface area (Å²) < 4.78 is 28.6. The molecule has 0 aliphatic carbocycles. The first-order valence-electron chi connectivity index (χ1n) is 5.83. The SMILES string of the molecule is CCOC(=O)C(F)[C@H](N)c1ccc(OC)cc1OC. The maximum atomic E-state index is 13.9. The highest BCUT2D eigenvalue weighted by atomic mass is 19.1. The quantitative estimate of drug-likeness (QED) is 0.796. The van der Waals surface area contributed by atoms with Gasteiger partial charge < -0.3 is 19.9 Å². The van der Waals surface area contributed by atoms with Crippen LogP contribution in [0.4, 0.5) is 4.39 Å². The maximum Gasteiger partial charge on any atom is 0.342 e. The Morgan fingerprint density at radius 2 is 2.05 bits per heavy atom. The molecule has 1 rings (SSSR count). The highest BCUT2D eigenvalue weighted by Crippen LogP contribution is 2.31. The number of hydrogen-bond donors (Lipinski definition) is 1. The lowest BCUT2D eigenvalue weighted by molar-refractivity contribution is -0.149. The molecule has 0 amide bonds. The van der Waals surface area contributed by atoms with E-state index in [1.807, 2.05) is 0 Å². The van der Waals surface area contributed by atoms with Crippen molar-refractivity contribution in [2.75, 3.05) is 20.8 Å². The fourth-order valence-corrected chi connectivity index (χ4v) is 1.62. The lowest BCUT2D eigenvalue weighted by Crippen LogP contribution is -2.31. The van der Waals surface area contributed by atoms with Crippen LogP contribution in [0.1, 0.15) is 18.5 Å². The predicted octanol–water partition coefficient (Wildman–Crippen LogP) is 1.60. The minimum Gasteiger partial charge on any atom is -0.497 e. The number of benzene rings is 1. The van der Waals surface area contributed by atoms with Crippen molar-refractivity contribution in [3.63, 3.8) is 0 Å². The van der Waals surface area contributed by atoms with Crippen LogP contribution < -0.4 is 15.2 Å². The zero-order valence-electron chi connectivity index (χ0n) is 11.2. The minimum absolute atomic E-state index is 0.103. The number of carbonyl (C=O) groups is 1. The maximum absolute atomic E-state index is 13.9. The lowest BCUT2D eigenvalue weighted by atomic mass is 10.0. The molecule has 106 valence electrons. The molecular formula is C13H18FNO4. The first-order chi connectivity index (χ1) is 9.04. The Labute approximate surface area is 111 Å². The summed E-state index contributed by atoms with van der Waals surface area (Å²) in [5, 5.41) is 0. The zero-order chi connectivity index (χ0) is 14.4. The smallest absolute Gasteiger partial charge is 0.342 e. The van der Waals surface area contributed by atoms with Crippen LogP contribution in [0.3, 0.4) is 0 Å². The van der Waals surface area contributed by atoms with Gasteiger partial charge in [0, 0.05) is 11.6 Å². The van der Waals surface area contributed by atoms with E-state index in [-0.39, 0.29) is 6.61 Å². The summed E-state index contributed by atoms with van der Waals surface area (Å²) in [7, 11) is 2.94. The van der Waals surface area contributed by atoms with Crippen LogP contribution in [0.2, 0.25) is 0 Å². The molecule has 5 nitrogen and oxygen atoms in total. The second-order valence-electron chi connectivity index (χ2n) is 3.79. The van der Waals surface area contributed by atoms with Gasteiger partial charge in [-0.15, -0.1) is 0 Å². The van der Waals surface area contributed by atoms with Crippen molar-refractivity contribution < 1.29 is 23.4 Å². The van der Waals surface area contributed by atoms with Crippen LogP contribution >= 0.6 is 0 Å². The van der Waals surface area contributed by atoms with E-state index in [9.17, 15) is 9.18 Å². The second-order valence-corrected chi connectivity index (χ2v) is 3.79. The molecule has 2 N–H and O–H groups in total. The third-order valence-corrected chi connectivity index (χ3v) is 2.63. The van der Waals surface area contributed by atoms with Crippen LogP contribution in [-0.4, -0.2) is 33.0 Å². The average Bonchev–Trinajstić information content (AvgIpc) is 2.45. The Kier molecular flexibility index (Phi) is 5.57. The summed E-state index contributed by atoms with van der Waals surface area (Å²) in [6, 6.07) is 3.61. The molecule has 1 aromatic carbocycles. The average molecular weight is 271 g/mol. The summed E-state index contributed by atoms with van der Waals surface area (Å²) in [6.45, 7) is 1.70.